The number of hydrogen-bond acceptors (Lipinski definition) is 4. The molecular formula is C19H23N3O2. The summed E-state index contributed by atoms with van der Waals surface area (Å²) in [6.45, 7) is 4.29. The summed E-state index contributed by atoms with van der Waals surface area (Å²) in [5.41, 5.74) is 3.90. The van der Waals surface area contributed by atoms with Crippen LogP contribution in [0.25, 0.3) is 10.9 Å². The summed E-state index contributed by atoms with van der Waals surface area (Å²) in [4.78, 5) is 12.6. The maximum absolute atomic E-state index is 5.49. The highest BCUT2D eigenvalue weighted by Gasteiger charge is 2.17. The fourth-order valence-corrected chi connectivity index (χ4v) is 2.89. The maximum atomic E-state index is 5.49. The lowest BCUT2D eigenvalue weighted by molar-refractivity contribution is 0.360. The number of ether oxygens (including phenoxy) is 2. The first-order chi connectivity index (χ1) is 11.6. The first-order valence-electron chi connectivity index (χ1n) is 8.15. The number of nitrogens with one attached hydrogen (secondary N) is 1. The van der Waals surface area contributed by atoms with Gasteiger partial charge < -0.3 is 14.5 Å². The Kier molecular flexibility index (Phi) is 4.69. The van der Waals surface area contributed by atoms with Crippen LogP contribution in [0.5, 0.6) is 11.8 Å². The lowest BCUT2D eigenvalue weighted by Crippen LogP contribution is -2.08. The highest BCUT2D eigenvalue weighted by molar-refractivity contribution is 5.83. The van der Waals surface area contributed by atoms with Gasteiger partial charge in [0.05, 0.1) is 14.2 Å². The molecule has 0 saturated heterocycles. The molecule has 5 nitrogen and oxygen atoms in total. The number of rotatable bonds is 6. The fourth-order valence-electron chi connectivity index (χ4n) is 2.89. The molecule has 5 heteroatoms. The zero-order chi connectivity index (χ0) is 17.1. The van der Waals surface area contributed by atoms with E-state index < -0.39 is 0 Å². The lowest BCUT2D eigenvalue weighted by Gasteiger charge is -2.13. The van der Waals surface area contributed by atoms with Crippen molar-refractivity contribution in [2.75, 3.05) is 14.2 Å². The Balaban J connectivity index is 2.00. The molecule has 0 saturated carbocycles. The quantitative estimate of drug-likeness (QED) is 0.749. The predicted molar refractivity (Wildman–Crippen MR) is 94.8 cm³/mol. The second-order valence-corrected chi connectivity index (χ2v) is 6.27. The van der Waals surface area contributed by atoms with Crippen LogP contribution in [0.2, 0.25) is 0 Å². The van der Waals surface area contributed by atoms with E-state index in [-0.39, 0.29) is 0 Å². The molecule has 24 heavy (non-hydrogen) atoms. The maximum Gasteiger partial charge on any atom is 0.236 e. The smallest absolute Gasteiger partial charge is 0.236 e. The van der Waals surface area contributed by atoms with Crippen LogP contribution in [0.3, 0.4) is 0 Å². The standard InChI is InChI=1S/C19H23N3O2/c1-12(2)9-16-18(23-3)22-17(19(21-16)24-4)10-13-11-20-15-8-6-5-7-14(13)15/h5-8,11-12,20H,9-10H2,1-4H3. The number of aromatic nitrogens is 3. The fraction of sp³-hybridized carbons (Fsp3) is 0.368. The number of methoxy groups -OCH3 is 2. The van der Waals surface area contributed by atoms with Gasteiger partial charge in [-0.2, -0.15) is 0 Å². The molecule has 0 radical (unpaired) electrons. The number of aromatic amines is 1. The molecule has 0 unspecified atom stereocenters. The Bertz CT molecular complexity index is 840. The topological polar surface area (TPSA) is 60.0 Å². The Hall–Kier alpha value is -2.56. The van der Waals surface area contributed by atoms with Crippen molar-refractivity contribution in [1.82, 2.24) is 15.0 Å². The Morgan fingerprint density at radius 3 is 2.38 bits per heavy atom. The van der Waals surface area contributed by atoms with Crippen molar-refractivity contribution < 1.29 is 9.47 Å². The number of H-pyrrole nitrogens is 1. The summed E-state index contributed by atoms with van der Waals surface area (Å²) in [6, 6.07) is 8.22. The predicted octanol–water partition coefficient (Wildman–Crippen LogP) is 3.76. The van der Waals surface area contributed by atoms with Crippen molar-refractivity contribution in [3.8, 4) is 11.8 Å². The summed E-state index contributed by atoms with van der Waals surface area (Å²) < 4.78 is 10.9. The molecule has 0 aliphatic rings. The van der Waals surface area contributed by atoms with Crippen LogP contribution in [-0.2, 0) is 12.8 Å². The van der Waals surface area contributed by atoms with Crippen LogP contribution in [0, 0.1) is 5.92 Å². The van der Waals surface area contributed by atoms with E-state index in [4.69, 9.17) is 9.47 Å². The highest BCUT2D eigenvalue weighted by Crippen LogP contribution is 2.27. The Labute approximate surface area is 142 Å². The molecule has 2 heterocycles. The molecule has 0 aliphatic heterocycles. The number of hydrogen-bond donors (Lipinski definition) is 1. The van der Waals surface area contributed by atoms with Gasteiger partial charge in [0.25, 0.3) is 0 Å². The van der Waals surface area contributed by atoms with Crippen LogP contribution < -0.4 is 9.47 Å². The normalized spacial score (nSPS) is 11.2. The van der Waals surface area contributed by atoms with Crippen molar-refractivity contribution in [3.63, 3.8) is 0 Å². The molecule has 1 aromatic carbocycles. The zero-order valence-corrected chi connectivity index (χ0v) is 14.6. The molecule has 1 N–H and O–H groups in total. The molecule has 0 amide bonds. The van der Waals surface area contributed by atoms with E-state index in [2.05, 4.69) is 40.9 Å². The van der Waals surface area contributed by atoms with E-state index in [1.165, 1.54) is 5.39 Å². The molecule has 0 aliphatic carbocycles. The van der Waals surface area contributed by atoms with Gasteiger partial charge in [0.1, 0.15) is 11.4 Å². The second kappa shape index (κ2) is 6.91. The van der Waals surface area contributed by atoms with E-state index >= 15 is 0 Å². The zero-order valence-electron chi connectivity index (χ0n) is 14.6. The number of benzene rings is 1. The lowest BCUT2D eigenvalue weighted by atomic mass is 10.1. The van der Waals surface area contributed by atoms with E-state index in [9.17, 15) is 0 Å². The SMILES string of the molecule is COc1nc(CC(C)C)c(OC)nc1Cc1c[nH]c2ccccc12. The van der Waals surface area contributed by atoms with Crippen molar-refractivity contribution in [2.24, 2.45) is 5.92 Å². The summed E-state index contributed by atoms with van der Waals surface area (Å²) in [5.74, 6) is 1.62. The van der Waals surface area contributed by atoms with Crippen LogP contribution in [0.15, 0.2) is 30.5 Å². The average molecular weight is 325 g/mol. The minimum atomic E-state index is 0.470. The third-order valence-electron chi connectivity index (χ3n) is 3.99. The van der Waals surface area contributed by atoms with Crippen molar-refractivity contribution in [2.45, 2.75) is 26.7 Å². The monoisotopic (exact) mass is 325 g/mol. The first-order valence-corrected chi connectivity index (χ1v) is 8.15. The van der Waals surface area contributed by atoms with Gasteiger partial charge in [0.2, 0.25) is 11.8 Å². The summed E-state index contributed by atoms with van der Waals surface area (Å²) in [5, 5.41) is 1.19. The summed E-state index contributed by atoms with van der Waals surface area (Å²) in [6.07, 6.45) is 3.46. The van der Waals surface area contributed by atoms with Gasteiger partial charge in [0, 0.05) is 23.5 Å². The summed E-state index contributed by atoms with van der Waals surface area (Å²) in [7, 11) is 3.27. The highest BCUT2D eigenvalue weighted by atomic mass is 16.5. The average Bonchev–Trinajstić information content (AvgIpc) is 2.98. The first kappa shape index (κ1) is 16.3. The van der Waals surface area contributed by atoms with Gasteiger partial charge in [-0.3, -0.25) is 0 Å². The molecule has 3 rings (SSSR count). The van der Waals surface area contributed by atoms with Gasteiger partial charge >= 0.3 is 0 Å². The van der Waals surface area contributed by atoms with Crippen LogP contribution in [0.1, 0.15) is 30.8 Å². The molecule has 0 bridgehead atoms. The van der Waals surface area contributed by atoms with Crippen LogP contribution >= 0.6 is 0 Å². The number of para-hydroxylation sites is 1. The van der Waals surface area contributed by atoms with Crippen LogP contribution in [0.4, 0.5) is 0 Å². The van der Waals surface area contributed by atoms with Gasteiger partial charge in [-0.15, -0.1) is 0 Å². The molecule has 0 fully saturated rings. The number of nitrogens with zero attached hydrogens (tertiary/aromatic N) is 2. The van der Waals surface area contributed by atoms with Gasteiger partial charge in [-0.25, -0.2) is 9.97 Å². The van der Waals surface area contributed by atoms with Crippen molar-refractivity contribution >= 4 is 10.9 Å². The molecule has 0 atom stereocenters. The van der Waals surface area contributed by atoms with Gasteiger partial charge in [-0.1, -0.05) is 32.0 Å². The second-order valence-electron chi connectivity index (χ2n) is 6.27. The van der Waals surface area contributed by atoms with Gasteiger partial charge in [-0.05, 0) is 24.0 Å². The summed E-state index contributed by atoms with van der Waals surface area (Å²) >= 11 is 0. The van der Waals surface area contributed by atoms with E-state index in [1.807, 2.05) is 18.3 Å². The van der Waals surface area contributed by atoms with E-state index in [0.717, 1.165) is 28.9 Å². The van der Waals surface area contributed by atoms with Crippen molar-refractivity contribution in [3.05, 3.63) is 47.4 Å². The Morgan fingerprint density at radius 2 is 1.67 bits per heavy atom. The van der Waals surface area contributed by atoms with Crippen molar-refractivity contribution in [1.29, 1.82) is 0 Å². The van der Waals surface area contributed by atoms with E-state index in [1.54, 1.807) is 14.2 Å². The molecular weight excluding hydrogens is 302 g/mol. The van der Waals surface area contributed by atoms with Gasteiger partial charge in [0.15, 0.2) is 0 Å². The third kappa shape index (κ3) is 3.20. The van der Waals surface area contributed by atoms with Crippen LogP contribution in [-0.4, -0.2) is 29.2 Å². The number of fused-ring (bicyclic) bond motifs is 1. The molecule has 126 valence electrons. The van der Waals surface area contributed by atoms with E-state index in [0.29, 0.717) is 24.1 Å². The minimum Gasteiger partial charge on any atom is -0.480 e. The molecule has 0 spiro atoms. The third-order valence-corrected chi connectivity index (χ3v) is 3.99. The largest absolute Gasteiger partial charge is 0.480 e. The minimum absolute atomic E-state index is 0.470. The molecule has 2 aromatic heterocycles. The molecule has 3 aromatic rings. The Morgan fingerprint density at radius 1 is 1.00 bits per heavy atom.